The number of fused-ring (bicyclic) bond motifs is 1. The van der Waals surface area contributed by atoms with Gasteiger partial charge in [0.2, 0.25) is 0 Å². The summed E-state index contributed by atoms with van der Waals surface area (Å²) in [5.74, 6) is 0.824. The van der Waals surface area contributed by atoms with Crippen molar-refractivity contribution in [3.8, 4) is 11.1 Å². The fraction of sp³-hybridized carbons (Fsp3) is 0.238. The topological polar surface area (TPSA) is 43.9 Å². The molecule has 4 aromatic rings. The summed E-state index contributed by atoms with van der Waals surface area (Å²) in [5, 5.41) is 4.07. The first-order chi connectivity index (χ1) is 12.1. The minimum Gasteiger partial charge on any atom is -0.361 e. The summed E-state index contributed by atoms with van der Waals surface area (Å²) in [6.45, 7) is 8.24. The highest BCUT2D eigenvalue weighted by Crippen LogP contribution is 2.32. The molecular weight excluding hydrogens is 310 g/mol. The van der Waals surface area contributed by atoms with Crippen LogP contribution in [0.25, 0.3) is 22.2 Å². The van der Waals surface area contributed by atoms with E-state index in [2.05, 4.69) is 60.1 Å². The van der Waals surface area contributed by atoms with E-state index in [1.54, 1.807) is 0 Å². The lowest BCUT2D eigenvalue weighted by molar-refractivity contribution is 0.393. The lowest BCUT2D eigenvalue weighted by Crippen LogP contribution is -2.05. The minimum atomic E-state index is 0.235. The lowest BCUT2D eigenvalue weighted by Gasteiger charge is -2.16. The highest BCUT2D eigenvalue weighted by molar-refractivity contribution is 5.85. The average Bonchev–Trinajstić information content (AvgIpc) is 3.14. The number of aromatic nitrogens is 3. The number of benzene rings is 1. The summed E-state index contributed by atoms with van der Waals surface area (Å²) in [6.07, 6.45) is 4.10. The third-order valence-corrected chi connectivity index (χ3v) is 4.87. The van der Waals surface area contributed by atoms with E-state index in [0.717, 1.165) is 33.6 Å². The number of nitrogens with zero attached hydrogens (tertiary/aromatic N) is 3. The molecule has 4 nitrogen and oxygen atoms in total. The van der Waals surface area contributed by atoms with E-state index in [1.165, 1.54) is 11.1 Å². The first-order valence-corrected chi connectivity index (χ1v) is 8.51. The maximum Gasteiger partial charge on any atom is 0.141 e. The van der Waals surface area contributed by atoms with Gasteiger partial charge in [-0.2, -0.15) is 0 Å². The summed E-state index contributed by atoms with van der Waals surface area (Å²) in [4.78, 5) is 4.73. The zero-order valence-electron chi connectivity index (χ0n) is 14.9. The monoisotopic (exact) mass is 331 g/mol. The Bertz CT molecular complexity index is 1020. The van der Waals surface area contributed by atoms with E-state index in [-0.39, 0.29) is 6.04 Å². The fourth-order valence-corrected chi connectivity index (χ4v) is 3.54. The van der Waals surface area contributed by atoms with Crippen molar-refractivity contribution in [3.05, 3.63) is 71.4 Å². The minimum absolute atomic E-state index is 0.235. The van der Waals surface area contributed by atoms with E-state index in [0.29, 0.717) is 0 Å². The highest BCUT2D eigenvalue weighted by Gasteiger charge is 2.17. The van der Waals surface area contributed by atoms with Gasteiger partial charge < -0.3 is 9.09 Å². The van der Waals surface area contributed by atoms with Gasteiger partial charge in [-0.25, -0.2) is 0 Å². The molecule has 0 radical (unpaired) electrons. The molecular formula is C21H21N3O. The van der Waals surface area contributed by atoms with E-state index < -0.39 is 0 Å². The zero-order chi connectivity index (χ0) is 17.6. The summed E-state index contributed by atoms with van der Waals surface area (Å²) >= 11 is 0. The molecule has 4 rings (SSSR count). The van der Waals surface area contributed by atoms with Gasteiger partial charge in [-0.05, 0) is 44.9 Å². The Labute approximate surface area is 147 Å². The number of pyridine rings is 1. The summed E-state index contributed by atoms with van der Waals surface area (Å²) in [6, 6.07) is 13.0. The van der Waals surface area contributed by atoms with Gasteiger partial charge in [0.05, 0.1) is 22.8 Å². The molecule has 0 bridgehead atoms. The van der Waals surface area contributed by atoms with Crippen LogP contribution in [-0.4, -0.2) is 14.7 Å². The lowest BCUT2D eigenvalue weighted by atomic mass is 10.1. The first-order valence-electron chi connectivity index (χ1n) is 8.51. The molecule has 3 heterocycles. The second-order valence-electron chi connectivity index (χ2n) is 6.60. The van der Waals surface area contributed by atoms with Crippen molar-refractivity contribution in [1.82, 2.24) is 14.7 Å². The van der Waals surface area contributed by atoms with Crippen LogP contribution >= 0.6 is 0 Å². The number of rotatable bonds is 3. The van der Waals surface area contributed by atoms with Crippen molar-refractivity contribution in [3.63, 3.8) is 0 Å². The number of hydrogen-bond donors (Lipinski definition) is 0. The van der Waals surface area contributed by atoms with Crippen molar-refractivity contribution in [2.75, 3.05) is 0 Å². The van der Waals surface area contributed by atoms with Gasteiger partial charge in [0.15, 0.2) is 0 Å². The average molecular weight is 331 g/mol. The second kappa shape index (κ2) is 5.88. The van der Waals surface area contributed by atoms with Crippen LogP contribution in [0.1, 0.15) is 35.5 Å². The van der Waals surface area contributed by atoms with E-state index in [1.807, 2.05) is 26.1 Å². The zero-order valence-corrected chi connectivity index (χ0v) is 14.9. The summed E-state index contributed by atoms with van der Waals surface area (Å²) in [5.41, 5.74) is 7.61. The molecule has 0 fully saturated rings. The molecule has 3 aromatic heterocycles. The molecule has 25 heavy (non-hydrogen) atoms. The van der Waals surface area contributed by atoms with Crippen molar-refractivity contribution in [2.45, 2.75) is 33.7 Å². The number of hydrogen-bond acceptors (Lipinski definition) is 3. The molecule has 0 saturated heterocycles. The Morgan fingerprint density at radius 2 is 1.84 bits per heavy atom. The van der Waals surface area contributed by atoms with E-state index in [9.17, 15) is 0 Å². The number of aryl methyl sites for hydroxylation is 3. The predicted octanol–water partition coefficient (Wildman–Crippen LogP) is 5.23. The Balaban J connectivity index is 1.90. The Hall–Kier alpha value is -2.88. The maximum atomic E-state index is 5.33. The third kappa shape index (κ3) is 2.54. The SMILES string of the molecule is Cc1noc(C)c1-c1cnc2c(C)cn(C(C)c3ccccc3)c2c1. The third-order valence-electron chi connectivity index (χ3n) is 4.87. The van der Waals surface area contributed by atoms with Crippen molar-refractivity contribution in [1.29, 1.82) is 0 Å². The highest BCUT2D eigenvalue weighted by atomic mass is 16.5. The standard InChI is InChI=1S/C21H21N3O/c1-13-12-24(15(3)17-8-6-5-7-9-17)19-10-18(11-22-21(13)19)20-14(2)23-25-16(20)4/h5-12,15H,1-4H3. The predicted molar refractivity (Wildman–Crippen MR) is 99.7 cm³/mol. The molecule has 0 aliphatic carbocycles. The Morgan fingerprint density at radius 3 is 2.52 bits per heavy atom. The quantitative estimate of drug-likeness (QED) is 0.516. The molecule has 0 amide bonds. The fourth-order valence-electron chi connectivity index (χ4n) is 3.54. The van der Waals surface area contributed by atoms with Crippen molar-refractivity contribution < 1.29 is 4.52 Å². The van der Waals surface area contributed by atoms with E-state index in [4.69, 9.17) is 9.51 Å². The second-order valence-corrected chi connectivity index (χ2v) is 6.60. The van der Waals surface area contributed by atoms with Gasteiger partial charge in [0, 0.05) is 23.5 Å². The summed E-state index contributed by atoms with van der Waals surface area (Å²) in [7, 11) is 0. The summed E-state index contributed by atoms with van der Waals surface area (Å²) < 4.78 is 7.63. The molecule has 0 aliphatic heterocycles. The van der Waals surface area contributed by atoms with Crippen molar-refractivity contribution in [2.24, 2.45) is 0 Å². The molecule has 1 aromatic carbocycles. The maximum absolute atomic E-state index is 5.33. The Kier molecular flexibility index (Phi) is 3.68. The molecule has 0 saturated carbocycles. The van der Waals surface area contributed by atoms with Crippen LogP contribution in [0.15, 0.2) is 53.3 Å². The van der Waals surface area contributed by atoms with Gasteiger partial charge in [-0.3, -0.25) is 4.98 Å². The normalized spacial score (nSPS) is 12.6. The molecule has 0 aliphatic rings. The van der Waals surface area contributed by atoms with Crippen LogP contribution in [-0.2, 0) is 0 Å². The first kappa shape index (κ1) is 15.6. The van der Waals surface area contributed by atoms with Gasteiger partial charge in [-0.1, -0.05) is 35.5 Å². The van der Waals surface area contributed by atoms with Gasteiger partial charge >= 0.3 is 0 Å². The van der Waals surface area contributed by atoms with Crippen LogP contribution in [0.4, 0.5) is 0 Å². The van der Waals surface area contributed by atoms with Gasteiger partial charge in [0.1, 0.15) is 5.76 Å². The smallest absolute Gasteiger partial charge is 0.141 e. The largest absolute Gasteiger partial charge is 0.361 e. The van der Waals surface area contributed by atoms with Crippen LogP contribution < -0.4 is 0 Å². The Morgan fingerprint density at radius 1 is 1.08 bits per heavy atom. The molecule has 1 unspecified atom stereocenters. The van der Waals surface area contributed by atoms with Crippen LogP contribution in [0, 0.1) is 20.8 Å². The van der Waals surface area contributed by atoms with Crippen molar-refractivity contribution >= 4 is 11.0 Å². The molecule has 0 spiro atoms. The molecule has 126 valence electrons. The molecule has 4 heteroatoms. The van der Waals surface area contributed by atoms with Gasteiger partial charge in [0.25, 0.3) is 0 Å². The van der Waals surface area contributed by atoms with E-state index >= 15 is 0 Å². The molecule has 1 atom stereocenters. The van der Waals surface area contributed by atoms with Crippen LogP contribution in [0.5, 0.6) is 0 Å². The molecule has 0 N–H and O–H groups in total. The van der Waals surface area contributed by atoms with Crippen LogP contribution in [0.2, 0.25) is 0 Å². The van der Waals surface area contributed by atoms with Crippen LogP contribution in [0.3, 0.4) is 0 Å². The van der Waals surface area contributed by atoms with Gasteiger partial charge in [-0.15, -0.1) is 0 Å².